The SMILES string of the molecule is C=CC(/C=C(\C)c1ccccc1C(C)C)c1cc(C)ccc1C. The first-order chi connectivity index (χ1) is 10.9. The van der Waals surface area contributed by atoms with Gasteiger partial charge in [0.15, 0.2) is 0 Å². The Balaban J connectivity index is 2.46. The van der Waals surface area contributed by atoms with Crippen molar-refractivity contribution in [2.75, 3.05) is 0 Å². The fourth-order valence-corrected chi connectivity index (χ4v) is 3.12. The summed E-state index contributed by atoms with van der Waals surface area (Å²) in [5.74, 6) is 0.771. The maximum Gasteiger partial charge on any atom is 0.0204 e. The van der Waals surface area contributed by atoms with Crippen LogP contribution in [-0.4, -0.2) is 0 Å². The first-order valence-electron chi connectivity index (χ1n) is 8.41. The molecule has 1 atom stereocenters. The van der Waals surface area contributed by atoms with Gasteiger partial charge in [0.05, 0.1) is 0 Å². The number of hydrogen-bond acceptors (Lipinski definition) is 0. The summed E-state index contributed by atoms with van der Waals surface area (Å²) in [6.07, 6.45) is 4.39. The van der Waals surface area contributed by atoms with Crippen molar-refractivity contribution in [3.05, 3.63) is 89.0 Å². The summed E-state index contributed by atoms with van der Waals surface area (Å²) in [5, 5.41) is 0. The molecule has 0 saturated heterocycles. The molecule has 0 nitrogen and oxygen atoms in total. The average molecular weight is 304 g/mol. The molecule has 0 amide bonds. The normalized spacial score (nSPS) is 13.2. The third-order valence-corrected chi connectivity index (χ3v) is 4.48. The minimum atomic E-state index is 0.245. The summed E-state index contributed by atoms with van der Waals surface area (Å²) in [5.41, 5.74) is 8.04. The monoisotopic (exact) mass is 304 g/mol. The third kappa shape index (κ3) is 4.01. The van der Waals surface area contributed by atoms with Gasteiger partial charge in [0.1, 0.15) is 0 Å². The summed E-state index contributed by atoms with van der Waals surface area (Å²) in [4.78, 5) is 0. The lowest BCUT2D eigenvalue weighted by Crippen LogP contribution is -1.99. The zero-order valence-corrected chi connectivity index (χ0v) is 15.1. The minimum absolute atomic E-state index is 0.245. The van der Waals surface area contributed by atoms with Crippen molar-refractivity contribution in [2.45, 2.75) is 46.5 Å². The fourth-order valence-electron chi connectivity index (χ4n) is 3.12. The van der Waals surface area contributed by atoms with E-state index in [-0.39, 0.29) is 5.92 Å². The Kier molecular flexibility index (Phi) is 5.60. The van der Waals surface area contributed by atoms with Gasteiger partial charge in [-0.05, 0) is 54.5 Å². The van der Waals surface area contributed by atoms with Gasteiger partial charge in [-0.25, -0.2) is 0 Å². The van der Waals surface area contributed by atoms with Gasteiger partial charge in [0.2, 0.25) is 0 Å². The molecule has 0 heterocycles. The Morgan fingerprint density at radius 1 is 1.00 bits per heavy atom. The molecule has 23 heavy (non-hydrogen) atoms. The Hall–Kier alpha value is -2.08. The molecular weight excluding hydrogens is 276 g/mol. The molecule has 0 fully saturated rings. The predicted molar refractivity (Wildman–Crippen MR) is 103 cm³/mol. The molecule has 2 aromatic carbocycles. The van der Waals surface area contributed by atoms with Crippen molar-refractivity contribution < 1.29 is 0 Å². The van der Waals surface area contributed by atoms with E-state index in [2.05, 4.69) is 89.7 Å². The van der Waals surface area contributed by atoms with E-state index in [0.29, 0.717) is 5.92 Å². The Morgan fingerprint density at radius 3 is 2.35 bits per heavy atom. The molecule has 0 heteroatoms. The molecule has 0 spiro atoms. The van der Waals surface area contributed by atoms with Crippen LogP contribution in [0.1, 0.15) is 60.4 Å². The highest BCUT2D eigenvalue weighted by atomic mass is 14.2. The smallest absolute Gasteiger partial charge is 0.0204 e. The van der Waals surface area contributed by atoms with Crippen LogP contribution in [0.2, 0.25) is 0 Å². The van der Waals surface area contributed by atoms with Crippen LogP contribution in [0, 0.1) is 13.8 Å². The van der Waals surface area contributed by atoms with Gasteiger partial charge in [-0.2, -0.15) is 0 Å². The van der Waals surface area contributed by atoms with Crippen molar-refractivity contribution in [1.29, 1.82) is 0 Å². The lowest BCUT2D eigenvalue weighted by Gasteiger charge is -2.17. The van der Waals surface area contributed by atoms with Crippen LogP contribution in [0.4, 0.5) is 0 Å². The largest absolute Gasteiger partial charge is 0.102 e. The maximum atomic E-state index is 4.07. The van der Waals surface area contributed by atoms with E-state index in [1.807, 2.05) is 6.08 Å². The van der Waals surface area contributed by atoms with Crippen LogP contribution in [-0.2, 0) is 0 Å². The van der Waals surface area contributed by atoms with Gasteiger partial charge in [-0.1, -0.05) is 74.0 Å². The number of hydrogen-bond donors (Lipinski definition) is 0. The first-order valence-corrected chi connectivity index (χ1v) is 8.41. The number of rotatable bonds is 5. The van der Waals surface area contributed by atoms with E-state index < -0.39 is 0 Å². The van der Waals surface area contributed by atoms with E-state index in [1.54, 1.807) is 0 Å². The summed E-state index contributed by atoms with van der Waals surface area (Å²) in [7, 11) is 0. The highest BCUT2D eigenvalue weighted by molar-refractivity contribution is 5.68. The molecular formula is C23H28. The molecule has 0 radical (unpaired) electrons. The highest BCUT2D eigenvalue weighted by Gasteiger charge is 2.12. The zero-order chi connectivity index (χ0) is 17.0. The van der Waals surface area contributed by atoms with Crippen molar-refractivity contribution in [3.8, 4) is 0 Å². The Labute approximate surface area is 141 Å². The van der Waals surface area contributed by atoms with Gasteiger partial charge in [-0.3, -0.25) is 0 Å². The van der Waals surface area contributed by atoms with Gasteiger partial charge in [0.25, 0.3) is 0 Å². The summed E-state index contributed by atoms with van der Waals surface area (Å²) < 4.78 is 0. The van der Waals surface area contributed by atoms with Crippen molar-refractivity contribution in [2.24, 2.45) is 0 Å². The van der Waals surface area contributed by atoms with Crippen LogP contribution in [0.5, 0.6) is 0 Å². The number of benzene rings is 2. The molecule has 2 rings (SSSR count). The van der Waals surface area contributed by atoms with Crippen molar-refractivity contribution in [3.63, 3.8) is 0 Å². The van der Waals surface area contributed by atoms with Gasteiger partial charge in [-0.15, -0.1) is 6.58 Å². The Morgan fingerprint density at radius 2 is 1.70 bits per heavy atom. The topological polar surface area (TPSA) is 0 Å². The summed E-state index contributed by atoms with van der Waals surface area (Å²) in [6.45, 7) is 15.1. The summed E-state index contributed by atoms with van der Waals surface area (Å²) in [6, 6.07) is 15.4. The molecule has 2 aromatic rings. The van der Waals surface area contributed by atoms with Crippen molar-refractivity contribution in [1.82, 2.24) is 0 Å². The molecule has 0 aliphatic heterocycles. The fraction of sp³-hybridized carbons (Fsp3) is 0.304. The van der Waals surface area contributed by atoms with Crippen LogP contribution in [0.3, 0.4) is 0 Å². The molecule has 0 N–H and O–H groups in total. The van der Waals surface area contributed by atoms with E-state index >= 15 is 0 Å². The molecule has 0 bridgehead atoms. The van der Waals surface area contributed by atoms with Crippen LogP contribution in [0.15, 0.2) is 61.2 Å². The molecule has 1 unspecified atom stereocenters. The lowest BCUT2D eigenvalue weighted by molar-refractivity contribution is 0.862. The summed E-state index contributed by atoms with van der Waals surface area (Å²) >= 11 is 0. The first kappa shape index (κ1) is 17.3. The molecule has 0 aliphatic carbocycles. The second kappa shape index (κ2) is 7.46. The average Bonchev–Trinajstić information content (AvgIpc) is 2.54. The molecule has 120 valence electrons. The lowest BCUT2D eigenvalue weighted by atomic mass is 9.88. The van der Waals surface area contributed by atoms with Crippen molar-refractivity contribution >= 4 is 5.57 Å². The van der Waals surface area contributed by atoms with E-state index in [9.17, 15) is 0 Å². The van der Waals surface area contributed by atoms with E-state index in [4.69, 9.17) is 0 Å². The number of aryl methyl sites for hydroxylation is 2. The quantitative estimate of drug-likeness (QED) is 0.533. The zero-order valence-electron chi connectivity index (χ0n) is 15.1. The van der Waals surface area contributed by atoms with Crippen LogP contribution < -0.4 is 0 Å². The van der Waals surface area contributed by atoms with E-state index in [1.165, 1.54) is 33.4 Å². The maximum absolute atomic E-state index is 4.07. The standard InChI is InChI=1S/C23H28/c1-7-20(23-14-17(4)12-13-18(23)5)15-19(6)22-11-9-8-10-21(22)16(2)3/h7-16,20H,1H2,2-6H3/b19-15+. The van der Waals surface area contributed by atoms with Crippen LogP contribution >= 0.6 is 0 Å². The predicted octanol–water partition coefficient (Wildman–Crippen LogP) is 6.80. The van der Waals surface area contributed by atoms with Gasteiger partial charge in [0, 0.05) is 5.92 Å². The number of allylic oxidation sites excluding steroid dienone is 3. The molecule has 0 aromatic heterocycles. The van der Waals surface area contributed by atoms with E-state index in [0.717, 1.165) is 0 Å². The highest BCUT2D eigenvalue weighted by Crippen LogP contribution is 2.30. The van der Waals surface area contributed by atoms with Gasteiger partial charge < -0.3 is 0 Å². The second-order valence-corrected chi connectivity index (χ2v) is 6.71. The third-order valence-electron chi connectivity index (χ3n) is 4.48. The minimum Gasteiger partial charge on any atom is -0.102 e. The second-order valence-electron chi connectivity index (χ2n) is 6.71. The Bertz CT molecular complexity index is 717. The van der Waals surface area contributed by atoms with Crippen LogP contribution in [0.25, 0.3) is 5.57 Å². The van der Waals surface area contributed by atoms with Gasteiger partial charge >= 0.3 is 0 Å². The molecule has 0 aliphatic rings. The molecule has 0 saturated carbocycles.